The van der Waals surface area contributed by atoms with E-state index in [2.05, 4.69) is 42.6 Å². The molecule has 4 nitrogen and oxygen atoms in total. The summed E-state index contributed by atoms with van der Waals surface area (Å²) in [7, 11) is 0. The van der Waals surface area contributed by atoms with Crippen LogP contribution in [0.4, 0.5) is 0 Å². The number of carbonyl (C=O) groups excluding carboxylic acids is 2. The Balaban J connectivity index is 1.53. The molecule has 1 saturated carbocycles. The van der Waals surface area contributed by atoms with Crippen LogP contribution in [0.3, 0.4) is 0 Å². The van der Waals surface area contributed by atoms with Crippen molar-refractivity contribution in [3.63, 3.8) is 0 Å². The SMILES string of the molecule is Cc1ccc(CNC(=O)[C@@H]2c3ccccc3C(=O)N(C3CCCC3)[C@@H]2c2cccs2)cc1. The molecule has 2 aliphatic rings. The van der Waals surface area contributed by atoms with E-state index in [0.717, 1.165) is 41.7 Å². The molecule has 1 fully saturated rings. The van der Waals surface area contributed by atoms with Crippen molar-refractivity contribution in [1.82, 2.24) is 10.2 Å². The summed E-state index contributed by atoms with van der Waals surface area (Å²) in [6, 6.07) is 19.9. The van der Waals surface area contributed by atoms with Gasteiger partial charge in [-0.3, -0.25) is 9.59 Å². The first-order valence-corrected chi connectivity index (χ1v) is 12.3. The van der Waals surface area contributed by atoms with E-state index in [1.165, 1.54) is 5.56 Å². The molecule has 0 unspecified atom stereocenters. The van der Waals surface area contributed by atoms with E-state index in [1.807, 2.05) is 40.6 Å². The molecular weight excluding hydrogens is 416 g/mol. The van der Waals surface area contributed by atoms with Crippen LogP contribution in [0, 0.1) is 6.92 Å². The van der Waals surface area contributed by atoms with Crippen molar-refractivity contribution >= 4 is 23.2 Å². The van der Waals surface area contributed by atoms with Gasteiger partial charge in [0, 0.05) is 23.0 Å². The van der Waals surface area contributed by atoms with Crippen LogP contribution >= 0.6 is 11.3 Å². The van der Waals surface area contributed by atoms with E-state index >= 15 is 0 Å². The minimum atomic E-state index is -0.423. The van der Waals surface area contributed by atoms with Crippen LogP contribution in [0.5, 0.6) is 0 Å². The molecule has 1 aliphatic heterocycles. The van der Waals surface area contributed by atoms with Crippen LogP contribution in [0.25, 0.3) is 0 Å². The normalized spacial score (nSPS) is 20.9. The molecule has 164 valence electrons. The van der Waals surface area contributed by atoms with Crippen molar-refractivity contribution in [2.75, 3.05) is 0 Å². The smallest absolute Gasteiger partial charge is 0.254 e. The Labute approximate surface area is 193 Å². The molecule has 2 heterocycles. The number of carbonyl (C=O) groups is 2. The maximum Gasteiger partial charge on any atom is 0.254 e. The summed E-state index contributed by atoms with van der Waals surface area (Å²) >= 11 is 1.63. The van der Waals surface area contributed by atoms with Gasteiger partial charge in [0.25, 0.3) is 5.91 Å². The van der Waals surface area contributed by atoms with Gasteiger partial charge in [0.15, 0.2) is 0 Å². The summed E-state index contributed by atoms with van der Waals surface area (Å²) < 4.78 is 0. The van der Waals surface area contributed by atoms with Crippen molar-refractivity contribution in [3.8, 4) is 0 Å². The number of hydrogen-bond acceptors (Lipinski definition) is 3. The van der Waals surface area contributed by atoms with Crippen molar-refractivity contribution in [2.24, 2.45) is 0 Å². The Morgan fingerprint density at radius 3 is 2.50 bits per heavy atom. The van der Waals surface area contributed by atoms with Gasteiger partial charge in [0.05, 0.1) is 12.0 Å². The van der Waals surface area contributed by atoms with E-state index in [1.54, 1.807) is 11.3 Å². The molecule has 1 aromatic heterocycles. The first kappa shape index (κ1) is 21.0. The van der Waals surface area contributed by atoms with Crippen molar-refractivity contribution < 1.29 is 9.59 Å². The van der Waals surface area contributed by atoms with Gasteiger partial charge in [-0.1, -0.05) is 66.9 Å². The van der Waals surface area contributed by atoms with Crippen molar-refractivity contribution in [2.45, 2.75) is 57.2 Å². The zero-order chi connectivity index (χ0) is 22.1. The monoisotopic (exact) mass is 444 g/mol. The van der Waals surface area contributed by atoms with Crippen LogP contribution in [0.1, 0.15) is 69.6 Å². The standard InChI is InChI=1S/C27H28N2O2S/c1-18-12-14-19(15-13-18)17-28-26(30)24-21-9-4-5-10-22(21)27(31)29(20-7-2-3-8-20)25(24)23-11-6-16-32-23/h4-6,9-16,20,24-25H,2-3,7-8,17H2,1H3,(H,28,30)/t24-,25-/m1/s1. The van der Waals surface area contributed by atoms with E-state index in [0.29, 0.717) is 12.1 Å². The van der Waals surface area contributed by atoms with Gasteiger partial charge in [-0.05, 0) is 48.4 Å². The van der Waals surface area contributed by atoms with E-state index in [-0.39, 0.29) is 23.9 Å². The molecule has 0 saturated heterocycles. The Bertz CT molecular complexity index is 1100. The Kier molecular flexibility index (Phi) is 5.83. The summed E-state index contributed by atoms with van der Waals surface area (Å²) in [6.07, 6.45) is 4.29. The van der Waals surface area contributed by atoms with Gasteiger partial charge in [-0.15, -0.1) is 11.3 Å². The molecule has 1 N–H and O–H groups in total. The van der Waals surface area contributed by atoms with Crippen molar-refractivity contribution in [3.05, 3.63) is 93.2 Å². The van der Waals surface area contributed by atoms with Gasteiger partial charge < -0.3 is 10.2 Å². The molecular formula is C27H28N2O2S. The molecule has 0 spiro atoms. The molecule has 3 aromatic rings. The summed E-state index contributed by atoms with van der Waals surface area (Å²) in [4.78, 5) is 30.5. The van der Waals surface area contributed by atoms with Gasteiger partial charge in [-0.2, -0.15) is 0 Å². The highest BCUT2D eigenvalue weighted by molar-refractivity contribution is 7.10. The lowest BCUT2D eigenvalue weighted by atomic mass is 9.80. The zero-order valence-corrected chi connectivity index (χ0v) is 19.1. The highest BCUT2D eigenvalue weighted by atomic mass is 32.1. The fourth-order valence-corrected chi connectivity index (χ4v) is 6.05. The predicted octanol–water partition coefficient (Wildman–Crippen LogP) is 5.60. The lowest BCUT2D eigenvalue weighted by Crippen LogP contribution is -2.50. The molecule has 0 bridgehead atoms. The van der Waals surface area contributed by atoms with Crippen LogP contribution in [0.2, 0.25) is 0 Å². The van der Waals surface area contributed by atoms with E-state index in [4.69, 9.17) is 0 Å². The fourth-order valence-electron chi connectivity index (χ4n) is 5.19. The summed E-state index contributed by atoms with van der Waals surface area (Å²) in [5.74, 6) is -0.381. The van der Waals surface area contributed by atoms with Gasteiger partial charge in [0.1, 0.15) is 0 Å². The number of benzene rings is 2. The number of amides is 2. The second kappa shape index (κ2) is 8.91. The quantitative estimate of drug-likeness (QED) is 0.557. The van der Waals surface area contributed by atoms with Gasteiger partial charge in [-0.25, -0.2) is 0 Å². The zero-order valence-electron chi connectivity index (χ0n) is 18.3. The summed E-state index contributed by atoms with van der Waals surface area (Å²) in [5.41, 5.74) is 3.78. The lowest BCUT2D eigenvalue weighted by molar-refractivity contribution is -0.124. The lowest BCUT2D eigenvalue weighted by Gasteiger charge is -2.44. The van der Waals surface area contributed by atoms with Crippen LogP contribution in [-0.4, -0.2) is 22.8 Å². The van der Waals surface area contributed by atoms with Crippen molar-refractivity contribution in [1.29, 1.82) is 0 Å². The first-order chi connectivity index (χ1) is 15.6. The van der Waals surface area contributed by atoms with Gasteiger partial charge in [0.2, 0.25) is 5.91 Å². The second-order valence-electron chi connectivity index (χ2n) is 8.88. The third kappa shape index (κ3) is 3.86. The highest BCUT2D eigenvalue weighted by Gasteiger charge is 2.47. The molecule has 32 heavy (non-hydrogen) atoms. The molecule has 2 atom stereocenters. The molecule has 2 aromatic carbocycles. The minimum absolute atomic E-state index is 0.0214. The number of rotatable bonds is 5. The van der Waals surface area contributed by atoms with Gasteiger partial charge >= 0.3 is 0 Å². The Morgan fingerprint density at radius 1 is 1.03 bits per heavy atom. The molecule has 0 radical (unpaired) electrons. The Hall–Kier alpha value is -2.92. The Morgan fingerprint density at radius 2 is 1.78 bits per heavy atom. The number of nitrogens with zero attached hydrogens (tertiary/aromatic N) is 1. The second-order valence-corrected chi connectivity index (χ2v) is 9.86. The number of aryl methyl sites for hydroxylation is 1. The first-order valence-electron chi connectivity index (χ1n) is 11.4. The number of thiophene rings is 1. The third-order valence-corrected chi connectivity index (χ3v) is 7.74. The molecule has 1 aliphatic carbocycles. The van der Waals surface area contributed by atoms with Crippen LogP contribution < -0.4 is 5.32 Å². The highest BCUT2D eigenvalue weighted by Crippen LogP contribution is 2.47. The maximum atomic E-state index is 13.7. The van der Waals surface area contributed by atoms with E-state index in [9.17, 15) is 9.59 Å². The number of hydrogen-bond donors (Lipinski definition) is 1. The number of nitrogens with one attached hydrogen (secondary N) is 1. The van der Waals surface area contributed by atoms with Crippen LogP contribution in [-0.2, 0) is 11.3 Å². The predicted molar refractivity (Wildman–Crippen MR) is 128 cm³/mol. The average molecular weight is 445 g/mol. The third-order valence-electron chi connectivity index (χ3n) is 6.80. The topological polar surface area (TPSA) is 49.4 Å². The summed E-state index contributed by atoms with van der Waals surface area (Å²) in [5, 5.41) is 5.21. The molecule has 5 heteroatoms. The maximum absolute atomic E-state index is 13.7. The fraction of sp³-hybridized carbons (Fsp3) is 0.333. The largest absolute Gasteiger partial charge is 0.351 e. The minimum Gasteiger partial charge on any atom is -0.351 e. The molecule has 2 amide bonds. The van der Waals surface area contributed by atoms with E-state index < -0.39 is 5.92 Å². The van der Waals surface area contributed by atoms with Crippen LogP contribution in [0.15, 0.2) is 66.0 Å². The molecule has 5 rings (SSSR count). The summed E-state index contributed by atoms with van der Waals surface area (Å²) in [6.45, 7) is 2.54. The average Bonchev–Trinajstić information content (AvgIpc) is 3.53. The number of fused-ring (bicyclic) bond motifs is 1.